The average Bonchev–Trinajstić information content (AvgIpc) is 2.37. The van der Waals surface area contributed by atoms with Crippen molar-refractivity contribution < 1.29 is 13.2 Å². The Labute approximate surface area is 111 Å². The molecule has 1 aromatic carbocycles. The highest BCUT2D eigenvalue weighted by Crippen LogP contribution is 2.30. The highest BCUT2D eigenvalue weighted by molar-refractivity contribution is 5.29. The van der Waals surface area contributed by atoms with Gasteiger partial charge in [-0.05, 0) is 30.2 Å². The van der Waals surface area contributed by atoms with Gasteiger partial charge in [-0.3, -0.25) is 4.90 Å². The molecule has 1 fully saturated rings. The van der Waals surface area contributed by atoms with Gasteiger partial charge >= 0.3 is 0 Å². The molecule has 1 N–H and O–H groups in total. The van der Waals surface area contributed by atoms with Crippen molar-refractivity contribution in [2.75, 3.05) is 26.2 Å². The molecule has 1 saturated heterocycles. The maximum atomic E-state index is 13.1. The molecule has 5 heteroatoms. The zero-order valence-corrected chi connectivity index (χ0v) is 11.0. The summed E-state index contributed by atoms with van der Waals surface area (Å²) in [6, 6.07) is 4.07. The highest BCUT2D eigenvalue weighted by Gasteiger charge is 2.26. The summed E-state index contributed by atoms with van der Waals surface area (Å²) in [6.45, 7) is 4.88. The molecule has 2 rings (SSSR count). The molecule has 0 aromatic heterocycles. The summed E-state index contributed by atoms with van der Waals surface area (Å²) >= 11 is 0. The van der Waals surface area contributed by atoms with Gasteiger partial charge in [0.1, 0.15) is 5.82 Å². The van der Waals surface area contributed by atoms with Crippen molar-refractivity contribution in [3.8, 4) is 0 Å². The monoisotopic (exact) mass is 272 g/mol. The third-order valence-electron chi connectivity index (χ3n) is 3.58. The van der Waals surface area contributed by atoms with Crippen LogP contribution in [0.5, 0.6) is 0 Å². The predicted octanol–water partition coefficient (Wildman–Crippen LogP) is 2.74. The van der Waals surface area contributed by atoms with Gasteiger partial charge in [0.2, 0.25) is 6.43 Å². The molecule has 0 aliphatic carbocycles. The quantitative estimate of drug-likeness (QED) is 0.906. The van der Waals surface area contributed by atoms with Crippen LogP contribution in [0.25, 0.3) is 0 Å². The lowest BCUT2D eigenvalue weighted by Gasteiger charge is -2.35. The van der Waals surface area contributed by atoms with Crippen LogP contribution in [0.15, 0.2) is 18.2 Å². The van der Waals surface area contributed by atoms with Crippen LogP contribution < -0.4 is 5.32 Å². The summed E-state index contributed by atoms with van der Waals surface area (Å²) < 4.78 is 38.8. The first kappa shape index (κ1) is 14.3. The topological polar surface area (TPSA) is 15.3 Å². The van der Waals surface area contributed by atoms with Gasteiger partial charge in [-0.2, -0.15) is 0 Å². The van der Waals surface area contributed by atoms with E-state index < -0.39 is 6.43 Å². The standard InChI is InChI=1S/C14H19F3N2/c1-10-8-11(15)2-3-12(10)13(9-14(16)17)19-6-4-18-5-7-19/h2-3,8,13-14,18H,4-7,9H2,1H3/t13-/m0/s1. The number of benzene rings is 1. The van der Waals surface area contributed by atoms with Crippen molar-refractivity contribution in [1.82, 2.24) is 10.2 Å². The number of piperazine rings is 1. The van der Waals surface area contributed by atoms with Crippen LogP contribution in [0.4, 0.5) is 13.2 Å². The summed E-state index contributed by atoms with van der Waals surface area (Å²) in [5.74, 6) is -0.322. The maximum absolute atomic E-state index is 13.1. The van der Waals surface area contributed by atoms with E-state index in [-0.39, 0.29) is 18.3 Å². The zero-order valence-electron chi connectivity index (χ0n) is 11.0. The van der Waals surface area contributed by atoms with E-state index in [1.165, 1.54) is 12.1 Å². The molecule has 2 nitrogen and oxygen atoms in total. The smallest absolute Gasteiger partial charge is 0.240 e. The Kier molecular flexibility index (Phi) is 4.82. The van der Waals surface area contributed by atoms with Gasteiger partial charge in [0, 0.05) is 38.6 Å². The van der Waals surface area contributed by atoms with Crippen molar-refractivity contribution in [2.24, 2.45) is 0 Å². The molecule has 106 valence electrons. The Morgan fingerprint density at radius 1 is 1.26 bits per heavy atom. The molecule has 1 aliphatic rings. The van der Waals surface area contributed by atoms with E-state index in [0.717, 1.165) is 37.3 Å². The maximum Gasteiger partial charge on any atom is 0.240 e. The first-order valence-corrected chi connectivity index (χ1v) is 6.57. The van der Waals surface area contributed by atoms with Crippen LogP contribution in [0.1, 0.15) is 23.6 Å². The lowest BCUT2D eigenvalue weighted by molar-refractivity contribution is 0.0736. The SMILES string of the molecule is Cc1cc(F)ccc1[C@H](CC(F)F)N1CCNCC1. The summed E-state index contributed by atoms with van der Waals surface area (Å²) in [5.41, 5.74) is 1.55. The third-order valence-corrected chi connectivity index (χ3v) is 3.58. The van der Waals surface area contributed by atoms with E-state index in [1.807, 2.05) is 0 Å². The minimum absolute atomic E-state index is 0.202. The molecule has 1 aliphatic heterocycles. The van der Waals surface area contributed by atoms with Crippen molar-refractivity contribution in [3.63, 3.8) is 0 Å². The van der Waals surface area contributed by atoms with Gasteiger partial charge in [-0.25, -0.2) is 13.2 Å². The van der Waals surface area contributed by atoms with Crippen molar-refractivity contribution >= 4 is 0 Å². The van der Waals surface area contributed by atoms with Crippen molar-refractivity contribution in [2.45, 2.75) is 25.8 Å². The Morgan fingerprint density at radius 2 is 1.95 bits per heavy atom. The zero-order chi connectivity index (χ0) is 13.8. The lowest BCUT2D eigenvalue weighted by atomic mass is 9.96. The van der Waals surface area contributed by atoms with E-state index in [1.54, 1.807) is 13.0 Å². The largest absolute Gasteiger partial charge is 0.314 e. The van der Waals surface area contributed by atoms with Gasteiger partial charge in [0.25, 0.3) is 0 Å². The van der Waals surface area contributed by atoms with Gasteiger partial charge in [0.15, 0.2) is 0 Å². The van der Waals surface area contributed by atoms with E-state index in [9.17, 15) is 13.2 Å². The number of aryl methyl sites for hydroxylation is 1. The normalized spacial score (nSPS) is 18.8. The number of hydrogen-bond donors (Lipinski definition) is 1. The van der Waals surface area contributed by atoms with Crippen LogP contribution >= 0.6 is 0 Å². The average molecular weight is 272 g/mol. The molecule has 0 unspecified atom stereocenters. The fraction of sp³-hybridized carbons (Fsp3) is 0.571. The molecule has 1 atom stereocenters. The van der Waals surface area contributed by atoms with Gasteiger partial charge < -0.3 is 5.32 Å². The summed E-state index contributed by atoms with van der Waals surface area (Å²) in [7, 11) is 0. The molecular weight excluding hydrogens is 253 g/mol. The minimum atomic E-state index is -2.36. The molecule has 0 amide bonds. The fourth-order valence-electron chi connectivity index (χ4n) is 2.65. The lowest BCUT2D eigenvalue weighted by Crippen LogP contribution is -2.45. The molecular formula is C14H19F3N2. The molecule has 1 heterocycles. The number of halogens is 3. The van der Waals surface area contributed by atoms with Gasteiger partial charge in [-0.15, -0.1) is 0 Å². The number of alkyl halides is 2. The number of hydrogen-bond acceptors (Lipinski definition) is 2. The van der Waals surface area contributed by atoms with E-state index >= 15 is 0 Å². The number of rotatable bonds is 4. The van der Waals surface area contributed by atoms with Crippen LogP contribution in [0, 0.1) is 12.7 Å². The predicted molar refractivity (Wildman–Crippen MR) is 68.9 cm³/mol. The Morgan fingerprint density at radius 3 is 2.53 bits per heavy atom. The van der Waals surface area contributed by atoms with Crippen LogP contribution in [0.3, 0.4) is 0 Å². The molecule has 0 saturated carbocycles. The van der Waals surface area contributed by atoms with E-state index in [4.69, 9.17) is 0 Å². The summed E-state index contributed by atoms with van der Waals surface area (Å²) in [4.78, 5) is 2.06. The van der Waals surface area contributed by atoms with Crippen LogP contribution in [-0.2, 0) is 0 Å². The molecule has 0 radical (unpaired) electrons. The second-order valence-electron chi connectivity index (χ2n) is 4.93. The van der Waals surface area contributed by atoms with Crippen LogP contribution in [-0.4, -0.2) is 37.5 Å². The van der Waals surface area contributed by atoms with Crippen LogP contribution in [0.2, 0.25) is 0 Å². The third kappa shape index (κ3) is 3.70. The Bertz CT molecular complexity index is 417. The number of nitrogens with zero attached hydrogens (tertiary/aromatic N) is 1. The second-order valence-corrected chi connectivity index (χ2v) is 4.93. The van der Waals surface area contributed by atoms with E-state index in [0.29, 0.717) is 0 Å². The molecule has 0 spiro atoms. The summed E-state index contributed by atoms with van der Waals surface area (Å²) in [5, 5.41) is 3.21. The fourth-order valence-corrected chi connectivity index (χ4v) is 2.65. The molecule has 0 bridgehead atoms. The van der Waals surface area contributed by atoms with Gasteiger partial charge in [-0.1, -0.05) is 6.07 Å². The highest BCUT2D eigenvalue weighted by atomic mass is 19.3. The van der Waals surface area contributed by atoms with E-state index in [2.05, 4.69) is 10.2 Å². The Hall–Kier alpha value is -1.07. The van der Waals surface area contributed by atoms with Gasteiger partial charge in [0.05, 0.1) is 0 Å². The van der Waals surface area contributed by atoms with Crippen molar-refractivity contribution in [1.29, 1.82) is 0 Å². The molecule has 1 aromatic rings. The second kappa shape index (κ2) is 6.39. The number of nitrogens with one attached hydrogen (secondary N) is 1. The molecule has 19 heavy (non-hydrogen) atoms. The Balaban J connectivity index is 2.25. The summed E-state index contributed by atoms with van der Waals surface area (Å²) in [6.07, 6.45) is -2.56. The minimum Gasteiger partial charge on any atom is -0.314 e. The first-order chi connectivity index (χ1) is 9.08. The van der Waals surface area contributed by atoms with Crippen molar-refractivity contribution in [3.05, 3.63) is 35.1 Å². The first-order valence-electron chi connectivity index (χ1n) is 6.57.